The van der Waals surface area contributed by atoms with Crippen molar-refractivity contribution in [2.24, 2.45) is 59.2 Å². The SMILES string of the molecule is C.C.CCC(C)C1CCC2(C)OC2C1.CCC1CC2CC1C1CC21.CCC1CCC2CC2C1.CCCOCC1CO1.CCOCC1COC(C)(C)O1. The number of rotatable bonds is 11. The second kappa shape index (κ2) is 21.3. The van der Waals surface area contributed by atoms with Gasteiger partial charge in [0.25, 0.3) is 0 Å². The molecule has 0 N–H and O–H groups in total. The molecule has 2 bridgehead atoms. The number of ether oxygens (including phenoxy) is 6. The van der Waals surface area contributed by atoms with Crippen molar-refractivity contribution in [2.75, 3.05) is 39.6 Å². The minimum Gasteiger partial charge on any atom is -0.379 e. The second-order valence-corrected chi connectivity index (χ2v) is 18.4. The monoisotopic (exact) mass is 737 g/mol. The molecule has 3 aliphatic heterocycles. The van der Waals surface area contributed by atoms with Crippen molar-refractivity contribution in [1.29, 1.82) is 0 Å². The van der Waals surface area contributed by atoms with Gasteiger partial charge in [-0.1, -0.05) is 75.2 Å². The lowest BCUT2D eigenvalue weighted by Crippen LogP contribution is -2.24. The van der Waals surface area contributed by atoms with E-state index < -0.39 is 5.79 Å². The Labute approximate surface area is 323 Å². The molecule has 3 heterocycles. The molecule has 6 aliphatic carbocycles. The molecule has 0 aromatic carbocycles. The maximum Gasteiger partial charge on any atom is 0.163 e. The molecule has 14 unspecified atom stereocenters. The third-order valence-corrected chi connectivity index (χ3v) is 14.2. The molecule has 14 atom stereocenters. The van der Waals surface area contributed by atoms with Crippen molar-refractivity contribution in [3.05, 3.63) is 0 Å². The maximum atomic E-state index is 5.69. The van der Waals surface area contributed by atoms with Gasteiger partial charge in [-0.25, -0.2) is 0 Å². The summed E-state index contributed by atoms with van der Waals surface area (Å²) in [7, 11) is 0. The summed E-state index contributed by atoms with van der Waals surface area (Å²) >= 11 is 0. The molecule has 6 saturated carbocycles. The Morgan fingerprint density at radius 1 is 0.692 bits per heavy atom. The highest BCUT2D eigenvalue weighted by atomic mass is 16.7. The summed E-state index contributed by atoms with van der Waals surface area (Å²) in [4.78, 5) is 0. The van der Waals surface area contributed by atoms with Gasteiger partial charge in [-0.05, 0) is 151 Å². The molecule has 0 radical (unpaired) electrons. The van der Waals surface area contributed by atoms with E-state index in [4.69, 9.17) is 28.4 Å². The zero-order valence-corrected chi connectivity index (χ0v) is 34.1. The third kappa shape index (κ3) is 13.7. The third-order valence-electron chi connectivity index (χ3n) is 14.2. The molecule has 0 spiro atoms. The largest absolute Gasteiger partial charge is 0.379 e. The standard InChI is InChI=1S/C11H20O.C10H16.C9H16.C8H16O3.C6H12O2.2CH4/c1-4-8(2)9-5-6-11(3)10(7-9)12-11;1-2-6-3-7-4-8(6)10-5-9(7)10;1-2-7-3-4-8-6-9(8)5-7;1-4-9-5-7-6-10-8(2,3)11-7;1-2-3-7-4-6-5-8-6;;/h8-10H,4-7H2,1-3H3;6-10H,2-5H2,1H3;7-9H,2-6H2,1H3;7H,4-6H2,1-3H3;6H,2-5H2,1H3;2*1H4. The van der Waals surface area contributed by atoms with Gasteiger partial charge < -0.3 is 28.4 Å². The van der Waals surface area contributed by atoms with E-state index in [1.807, 2.05) is 20.8 Å². The summed E-state index contributed by atoms with van der Waals surface area (Å²) in [6, 6.07) is 0. The fourth-order valence-electron chi connectivity index (χ4n) is 10.3. The van der Waals surface area contributed by atoms with E-state index in [2.05, 4.69) is 41.5 Å². The summed E-state index contributed by atoms with van der Waals surface area (Å²) < 4.78 is 31.9. The zero-order valence-electron chi connectivity index (χ0n) is 34.1. The van der Waals surface area contributed by atoms with Crippen LogP contribution >= 0.6 is 0 Å². The van der Waals surface area contributed by atoms with E-state index >= 15 is 0 Å². The number of hydrogen-bond donors (Lipinski definition) is 0. The lowest BCUT2D eigenvalue weighted by molar-refractivity contribution is -0.144. The highest BCUT2D eigenvalue weighted by Gasteiger charge is 2.60. The Balaban J connectivity index is 0.000000175. The van der Waals surface area contributed by atoms with Gasteiger partial charge in [0, 0.05) is 13.2 Å². The van der Waals surface area contributed by atoms with Crippen molar-refractivity contribution in [1.82, 2.24) is 0 Å². The Bertz CT molecular complexity index is 984. The fourth-order valence-corrected chi connectivity index (χ4v) is 10.3. The highest BCUT2D eigenvalue weighted by molar-refractivity contribution is 5.09. The van der Waals surface area contributed by atoms with Gasteiger partial charge in [0.05, 0.1) is 38.1 Å². The minimum atomic E-state index is -0.415. The zero-order chi connectivity index (χ0) is 35.9. The van der Waals surface area contributed by atoms with Crippen LogP contribution in [0, 0.1) is 59.2 Å². The molecule has 308 valence electrons. The van der Waals surface area contributed by atoms with Crippen molar-refractivity contribution >= 4 is 0 Å². The van der Waals surface area contributed by atoms with Crippen molar-refractivity contribution in [3.8, 4) is 0 Å². The number of fused-ring (bicyclic) bond motifs is 7. The van der Waals surface area contributed by atoms with Crippen LogP contribution in [-0.4, -0.2) is 69.3 Å². The van der Waals surface area contributed by atoms with Gasteiger partial charge in [-0.3, -0.25) is 0 Å². The minimum absolute atomic E-state index is 0. The van der Waals surface area contributed by atoms with E-state index in [0.29, 0.717) is 31.0 Å². The van der Waals surface area contributed by atoms with Crippen LogP contribution in [0.2, 0.25) is 0 Å². The van der Waals surface area contributed by atoms with Crippen LogP contribution < -0.4 is 0 Å². The van der Waals surface area contributed by atoms with Crippen molar-refractivity contribution in [3.63, 3.8) is 0 Å². The average Bonchev–Trinajstić information content (AvgIpc) is 4.00. The first-order chi connectivity index (χ1) is 24.0. The topological polar surface area (TPSA) is 62.0 Å². The summed E-state index contributed by atoms with van der Waals surface area (Å²) in [5.74, 6) is 10.9. The summed E-state index contributed by atoms with van der Waals surface area (Å²) in [5.41, 5.74) is 0.309. The van der Waals surface area contributed by atoms with Gasteiger partial charge in [0.15, 0.2) is 5.79 Å². The Morgan fingerprint density at radius 2 is 1.44 bits per heavy atom. The molecule has 52 heavy (non-hydrogen) atoms. The first-order valence-corrected chi connectivity index (χ1v) is 21.8. The van der Waals surface area contributed by atoms with Crippen LogP contribution in [0.3, 0.4) is 0 Å². The van der Waals surface area contributed by atoms with E-state index in [1.165, 1.54) is 80.5 Å². The second-order valence-electron chi connectivity index (χ2n) is 18.4. The molecule has 6 heteroatoms. The molecule has 9 fully saturated rings. The Kier molecular flexibility index (Phi) is 18.9. The Hall–Kier alpha value is -0.240. The smallest absolute Gasteiger partial charge is 0.163 e. The molecule has 3 saturated heterocycles. The van der Waals surface area contributed by atoms with Gasteiger partial charge in [0.2, 0.25) is 0 Å². The van der Waals surface area contributed by atoms with E-state index in [9.17, 15) is 0 Å². The normalized spacial score (nSPS) is 41.7. The quantitative estimate of drug-likeness (QED) is 0.155. The number of hydrogen-bond acceptors (Lipinski definition) is 6. The van der Waals surface area contributed by atoms with Crippen LogP contribution in [0.4, 0.5) is 0 Å². The summed E-state index contributed by atoms with van der Waals surface area (Å²) in [5, 5.41) is 0. The van der Waals surface area contributed by atoms with E-state index in [-0.39, 0.29) is 21.0 Å². The van der Waals surface area contributed by atoms with Crippen LogP contribution in [0.25, 0.3) is 0 Å². The predicted molar refractivity (Wildman–Crippen MR) is 217 cm³/mol. The van der Waals surface area contributed by atoms with Crippen LogP contribution in [0.1, 0.15) is 167 Å². The number of epoxide rings is 2. The van der Waals surface area contributed by atoms with Gasteiger partial charge in [0.1, 0.15) is 12.2 Å². The molecular weight excluding hydrogens is 649 g/mol. The Morgan fingerprint density at radius 3 is 1.98 bits per heavy atom. The maximum absolute atomic E-state index is 5.69. The molecule has 0 aromatic rings. The van der Waals surface area contributed by atoms with Gasteiger partial charge in [-0.15, -0.1) is 0 Å². The lowest BCUT2D eigenvalue weighted by Gasteiger charge is -2.26. The van der Waals surface area contributed by atoms with Crippen LogP contribution in [0.5, 0.6) is 0 Å². The molecule has 0 amide bonds. The highest BCUT2D eigenvalue weighted by Crippen LogP contribution is 2.68. The van der Waals surface area contributed by atoms with E-state index in [0.717, 1.165) is 56.5 Å². The summed E-state index contributed by atoms with van der Waals surface area (Å²) in [6.45, 7) is 24.2. The van der Waals surface area contributed by atoms with Crippen LogP contribution in [-0.2, 0) is 28.4 Å². The van der Waals surface area contributed by atoms with Gasteiger partial charge in [-0.2, -0.15) is 0 Å². The molecule has 9 aliphatic rings. The first kappa shape index (κ1) is 46.1. The molecule has 0 aromatic heterocycles. The molecule has 6 nitrogen and oxygen atoms in total. The van der Waals surface area contributed by atoms with E-state index in [1.54, 1.807) is 38.5 Å². The average molecular weight is 737 g/mol. The molecule has 9 rings (SSSR count). The predicted octanol–water partition coefficient (Wildman–Crippen LogP) is 11.8. The first-order valence-electron chi connectivity index (χ1n) is 21.8. The summed E-state index contributed by atoms with van der Waals surface area (Å²) in [6.07, 6.45) is 21.6. The lowest BCUT2D eigenvalue weighted by atomic mass is 9.76. The van der Waals surface area contributed by atoms with Crippen molar-refractivity contribution < 1.29 is 28.4 Å². The van der Waals surface area contributed by atoms with Crippen molar-refractivity contribution in [2.45, 2.75) is 197 Å². The van der Waals surface area contributed by atoms with Gasteiger partial charge >= 0.3 is 0 Å². The fraction of sp³-hybridized carbons (Fsp3) is 1.00. The molecular formula is C46H88O6. The van der Waals surface area contributed by atoms with Crippen LogP contribution in [0.15, 0.2) is 0 Å².